The molecule has 136 valence electrons. The normalized spacial score (nSPS) is 21.7. The molecule has 0 unspecified atom stereocenters. The van der Waals surface area contributed by atoms with Crippen LogP contribution in [0.3, 0.4) is 0 Å². The Morgan fingerprint density at radius 3 is 2.68 bits per heavy atom. The van der Waals surface area contributed by atoms with Crippen LogP contribution >= 0.6 is 0 Å². The number of likely N-dealkylation sites (tertiary alicyclic amines) is 1. The van der Waals surface area contributed by atoms with Crippen molar-refractivity contribution in [2.75, 3.05) is 33.7 Å². The number of carbonyl (C=O) groups excluding carboxylic acids is 2. The Bertz CT molecular complexity index is 652. The van der Waals surface area contributed by atoms with Gasteiger partial charge in [0.15, 0.2) is 0 Å². The molecule has 2 aliphatic rings. The van der Waals surface area contributed by atoms with Crippen LogP contribution in [0.2, 0.25) is 0 Å². The smallest absolute Gasteiger partial charge is 0.225 e. The topological polar surface area (TPSA) is 52.7 Å². The number of nitrogens with zero attached hydrogens (tertiary/aromatic N) is 2. The summed E-state index contributed by atoms with van der Waals surface area (Å²) in [7, 11) is 3.99. The van der Waals surface area contributed by atoms with Crippen LogP contribution in [0.5, 0.6) is 0 Å². The van der Waals surface area contributed by atoms with Crippen LogP contribution in [0.25, 0.3) is 0 Å². The number of rotatable bonds is 7. The molecule has 5 nitrogen and oxygen atoms in total. The second-order valence-electron chi connectivity index (χ2n) is 7.92. The summed E-state index contributed by atoms with van der Waals surface area (Å²) in [6.07, 6.45) is 3.28. The van der Waals surface area contributed by atoms with Crippen LogP contribution in [-0.4, -0.2) is 60.9 Å². The molecule has 1 saturated carbocycles. The minimum absolute atomic E-state index is 0.0480. The molecule has 1 aromatic carbocycles. The second kappa shape index (κ2) is 7.16. The van der Waals surface area contributed by atoms with Gasteiger partial charge in [0.1, 0.15) is 0 Å². The lowest BCUT2D eigenvalue weighted by Crippen LogP contribution is -2.43. The molecule has 1 atom stereocenters. The first kappa shape index (κ1) is 17.9. The van der Waals surface area contributed by atoms with Crippen LogP contribution in [0.4, 0.5) is 0 Å². The molecule has 25 heavy (non-hydrogen) atoms. The Kier molecular flexibility index (Phi) is 5.13. The van der Waals surface area contributed by atoms with E-state index < -0.39 is 0 Å². The van der Waals surface area contributed by atoms with E-state index in [1.54, 1.807) is 0 Å². The molecule has 2 fully saturated rings. The van der Waals surface area contributed by atoms with E-state index in [0.717, 1.165) is 25.8 Å². The minimum atomic E-state index is -0.205. The molecule has 1 heterocycles. The summed E-state index contributed by atoms with van der Waals surface area (Å²) in [5, 5.41) is 3.26. The van der Waals surface area contributed by atoms with E-state index >= 15 is 0 Å². The van der Waals surface area contributed by atoms with Crippen LogP contribution < -0.4 is 5.32 Å². The Labute approximate surface area is 150 Å². The first-order chi connectivity index (χ1) is 11.9. The SMILES string of the molecule is Cc1ccccc1CC1(NC(=O)[C@@H]2CC(=O)N(CCN(C)C)C2)CC1. The molecule has 0 bridgehead atoms. The average Bonchev–Trinajstić information content (AvgIpc) is 3.20. The maximum Gasteiger partial charge on any atom is 0.225 e. The lowest BCUT2D eigenvalue weighted by Gasteiger charge is -2.22. The summed E-state index contributed by atoms with van der Waals surface area (Å²) >= 11 is 0. The summed E-state index contributed by atoms with van der Waals surface area (Å²) in [6.45, 7) is 4.20. The number of likely N-dealkylation sites (N-methyl/N-ethyl adjacent to an activating group) is 1. The highest BCUT2D eigenvalue weighted by Crippen LogP contribution is 2.39. The van der Waals surface area contributed by atoms with Gasteiger partial charge in [-0.2, -0.15) is 0 Å². The van der Waals surface area contributed by atoms with E-state index in [-0.39, 0.29) is 23.3 Å². The molecular weight excluding hydrogens is 314 g/mol. The van der Waals surface area contributed by atoms with Gasteiger partial charge in [-0.05, 0) is 51.4 Å². The van der Waals surface area contributed by atoms with E-state index in [2.05, 4.69) is 35.3 Å². The van der Waals surface area contributed by atoms with Crippen molar-refractivity contribution in [1.82, 2.24) is 15.1 Å². The molecule has 0 aromatic heterocycles. The van der Waals surface area contributed by atoms with Crippen molar-refractivity contribution in [1.29, 1.82) is 0 Å². The number of amides is 2. The largest absolute Gasteiger partial charge is 0.350 e. The fourth-order valence-electron chi connectivity index (χ4n) is 3.52. The Hall–Kier alpha value is -1.88. The van der Waals surface area contributed by atoms with Gasteiger partial charge < -0.3 is 15.1 Å². The number of carbonyl (C=O) groups is 2. The van der Waals surface area contributed by atoms with Gasteiger partial charge in [0, 0.05) is 31.6 Å². The molecule has 1 aromatic rings. The van der Waals surface area contributed by atoms with E-state index in [1.807, 2.05) is 25.1 Å². The Morgan fingerprint density at radius 2 is 2.04 bits per heavy atom. The van der Waals surface area contributed by atoms with Crippen molar-refractivity contribution in [3.05, 3.63) is 35.4 Å². The third-order valence-corrected chi connectivity index (χ3v) is 5.43. The molecule has 5 heteroatoms. The molecule has 1 aliphatic carbocycles. The van der Waals surface area contributed by atoms with Gasteiger partial charge >= 0.3 is 0 Å². The van der Waals surface area contributed by atoms with Crippen molar-refractivity contribution >= 4 is 11.8 Å². The maximum atomic E-state index is 12.7. The zero-order valence-corrected chi connectivity index (χ0v) is 15.5. The van der Waals surface area contributed by atoms with E-state index in [1.165, 1.54) is 11.1 Å². The summed E-state index contributed by atoms with van der Waals surface area (Å²) in [5.74, 6) is -0.0541. The highest BCUT2D eigenvalue weighted by molar-refractivity contribution is 5.89. The highest BCUT2D eigenvalue weighted by Gasteiger charge is 2.46. The molecule has 1 saturated heterocycles. The van der Waals surface area contributed by atoms with Gasteiger partial charge in [0.2, 0.25) is 11.8 Å². The van der Waals surface area contributed by atoms with E-state index in [4.69, 9.17) is 0 Å². The van der Waals surface area contributed by atoms with Crippen molar-refractivity contribution in [3.63, 3.8) is 0 Å². The zero-order chi connectivity index (χ0) is 18.0. The minimum Gasteiger partial charge on any atom is -0.350 e. The maximum absolute atomic E-state index is 12.7. The van der Waals surface area contributed by atoms with Crippen LogP contribution in [0, 0.1) is 12.8 Å². The Balaban J connectivity index is 1.56. The lowest BCUT2D eigenvalue weighted by atomic mass is 9.98. The van der Waals surface area contributed by atoms with Crippen molar-refractivity contribution in [3.8, 4) is 0 Å². The van der Waals surface area contributed by atoms with Crippen LogP contribution in [-0.2, 0) is 16.0 Å². The molecule has 0 radical (unpaired) electrons. The van der Waals surface area contributed by atoms with Gasteiger partial charge in [-0.15, -0.1) is 0 Å². The monoisotopic (exact) mass is 343 g/mol. The van der Waals surface area contributed by atoms with Crippen molar-refractivity contribution < 1.29 is 9.59 Å². The number of nitrogens with one attached hydrogen (secondary N) is 1. The zero-order valence-electron chi connectivity index (χ0n) is 15.5. The van der Waals surface area contributed by atoms with E-state index in [9.17, 15) is 9.59 Å². The van der Waals surface area contributed by atoms with Crippen LogP contribution in [0.15, 0.2) is 24.3 Å². The standard InChI is InChI=1S/C20H29N3O2/c1-15-6-4-5-7-16(15)13-20(8-9-20)21-19(25)17-12-18(24)23(14-17)11-10-22(2)3/h4-7,17H,8-14H2,1-3H3,(H,21,25)/t17-/m1/s1. The average molecular weight is 343 g/mol. The predicted molar refractivity (Wildman–Crippen MR) is 98.2 cm³/mol. The quantitative estimate of drug-likeness (QED) is 0.818. The van der Waals surface area contributed by atoms with Crippen molar-refractivity contribution in [2.24, 2.45) is 5.92 Å². The Morgan fingerprint density at radius 1 is 1.32 bits per heavy atom. The lowest BCUT2D eigenvalue weighted by molar-refractivity contribution is -0.129. The fourth-order valence-corrected chi connectivity index (χ4v) is 3.52. The molecule has 3 rings (SSSR count). The molecule has 2 amide bonds. The van der Waals surface area contributed by atoms with Gasteiger partial charge in [-0.3, -0.25) is 9.59 Å². The summed E-state index contributed by atoms with van der Waals surface area (Å²) in [5.41, 5.74) is 2.48. The first-order valence-corrected chi connectivity index (χ1v) is 9.18. The molecular formula is C20H29N3O2. The van der Waals surface area contributed by atoms with Crippen LogP contribution in [0.1, 0.15) is 30.4 Å². The van der Waals surface area contributed by atoms with Gasteiger partial charge in [0.05, 0.1) is 5.92 Å². The summed E-state index contributed by atoms with van der Waals surface area (Å²) < 4.78 is 0. The third-order valence-electron chi connectivity index (χ3n) is 5.43. The van der Waals surface area contributed by atoms with E-state index in [0.29, 0.717) is 19.5 Å². The first-order valence-electron chi connectivity index (χ1n) is 9.18. The summed E-state index contributed by atoms with van der Waals surface area (Å²) in [6, 6.07) is 8.36. The van der Waals surface area contributed by atoms with Gasteiger partial charge in [-0.1, -0.05) is 24.3 Å². The number of aryl methyl sites for hydroxylation is 1. The highest BCUT2D eigenvalue weighted by atomic mass is 16.2. The molecule has 1 aliphatic heterocycles. The fraction of sp³-hybridized carbons (Fsp3) is 0.600. The second-order valence-corrected chi connectivity index (χ2v) is 7.92. The predicted octanol–water partition coefficient (Wildman–Crippen LogP) is 1.60. The summed E-state index contributed by atoms with van der Waals surface area (Å²) in [4.78, 5) is 28.7. The van der Waals surface area contributed by atoms with Gasteiger partial charge in [-0.25, -0.2) is 0 Å². The molecule has 0 spiro atoms. The number of benzene rings is 1. The third kappa shape index (κ3) is 4.40. The molecule has 1 N–H and O–H groups in total. The number of hydrogen-bond acceptors (Lipinski definition) is 3. The van der Waals surface area contributed by atoms with Crippen molar-refractivity contribution in [2.45, 2.75) is 38.1 Å². The van der Waals surface area contributed by atoms with Gasteiger partial charge in [0.25, 0.3) is 0 Å². The number of hydrogen-bond donors (Lipinski definition) is 1.